The first-order valence-corrected chi connectivity index (χ1v) is 8.20. The second kappa shape index (κ2) is 8.56. The van der Waals surface area contributed by atoms with Crippen molar-refractivity contribution in [3.8, 4) is 5.75 Å². The SMILES string of the molecule is CCN(CC)c1ccc(C(N)CN)c(OCc2ccccc2)c1. The van der Waals surface area contributed by atoms with Crippen molar-refractivity contribution in [3.05, 3.63) is 59.7 Å². The zero-order valence-electron chi connectivity index (χ0n) is 14.0. The highest BCUT2D eigenvalue weighted by atomic mass is 16.5. The van der Waals surface area contributed by atoms with Gasteiger partial charge in [-0.2, -0.15) is 0 Å². The molecule has 0 saturated heterocycles. The van der Waals surface area contributed by atoms with Crippen LogP contribution in [0.3, 0.4) is 0 Å². The van der Waals surface area contributed by atoms with Gasteiger partial charge < -0.3 is 21.1 Å². The van der Waals surface area contributed by atoms with Gasteiger partial charge in [-0.15, -0.1) is 0 Å². The Hall–Kier alpha value is -2.04. The molecule has 0 aliphatic carbocycles. The molecule has 0 heterocycles. The number of anilines is 1. The van der Waals surface area contributed by atoms with Crippen molar-refractivity contribution in [2.24, 2.45) is 11.5 Å². The minimum atomic E-state index is -0.216. The van der Waals surface area contributed by atoms with E-state index in [0.29, 0.717) is 13.2 Å². The smallest absolute Gasteiger partial charge is 0.126 e. The minimum Gasteiger partial charge on any atom is -0.488 e. The lowest BCUT2D eigenvalue weighted by molar-refractivity contribution is 0.301. The van der Waals surface area contributed by atoms with Gasteiger partial charge in [-0.25, -0.2) is 0 Å². The highest BCUT2D eigenvalue weighted by molar-refractivity contribution is 5.54. The maximum atomic E-state index is 6.14. The molecule has 4 N–H and O–H groups in total. The predicted molar refractivity (Wildman–Crippen MR) is 96.8 cm³/mol. The summed E-state index contributed by atoms with van der Waals surface area (Å²) in [4.78, 5) is 2.28. The molecule has 23 heavy (non-hydrogen) atoms. The van der Waals surface area contributed by atoms with Crippen molar-refractivity contribution in [2.75, 3.05) is 24.5 Å². The molecule has 0 spiro atoms. The highest BCUT2D eigenvalue weighted by Crippen LogP contribution is 2.30. The molecule has 1 atom stereocenters. The van der Waals surface area contributed by atoms with Gasteiger partial charge >= 0.3 is 0 Å². The molecule has 1 unspecified atom stereocenters. The molecule has 0 aliphatic rings. The van der Waals surface area contributed by atoms with Gasteiger partial charge in [0.25, 0.3) is 0 Å². The molecule has 0 fully saturated rings. The molecule has 0 radical (unpaired) electrons. The van der Waals surface area contributed by atoms with Gasteiger partial charge in [-0.1, -0.05) is 36.4 Å². The van der Waals surface area contributed by atoms with Crippen LogP contribution in [0.25, 0.3) is 0 Å². The predicted octanol–water partition coefficient (Wildman–Crippen LogP) is 3.07. The van der Waals surface area contributed by atoms with E-state index in [2.05, 4.69) is 43.0 Å². The molecule has 0 bridgehead atoms. The molecule has 4 heteroatoms. The first-order chi connectivity index (χ1) is 11.2. The summed E-state index contributed by atoms with van der Waals surface area (Å²) in [5.41, 5.74) is 15.1. The zero-order chi connectivity index (χ0) is 16.7. The molecule has 0 saturated carbocycles. The Morgan fingerprint density at radius 3 is 2.35 bits per heavy atom. The first kappa shape index (κ1) is 17.3. The van der Waals surface area contributed by atoms with E-state index in [-0.39, 0.29) is 6.04 Å². The van der Waals surface area contributed by atoms with Crippen molar-refractivity contribution in [2.45, 2.75) is 26.5 Å². The van der Waals surface area contributed by atoms with Crippen molar-refractivity contribution in [1.29, 1.82) is 0 Å². The fourth-order valence-electron chi connectivity index (χ4n) is 2.60. The van der Waals surface area contributed by atoms with E-state index in [1.54, 1.807) is 0 Å². The number of nitrogens with zero attached hydrogens (tertiary/aromatic N) is 1. The largest absolute Gasteiger partial charge is 0.488 e. The average molecular weight is 313 g/mol. The van der Waals surface area contributed by atoms with Crippen LogP contribution in [-0.4, -0.2) is 19.6 Å². The summed E-state index contributed by atoms with van der Waals surface area (Å²) >= 11 is 0. The fourth-order valence-corrected chi connectivity index (χ4v) is 2.60. The summed E-state index contributed by atoms with van der Waals surface area (Å²) in [6.45, 7) is 7.12. The maximum absolute atomic E-state index is 6.14. The molecule has 0 aromatic heterocycles. The van der Waals surface area contributed by atoms with E-state index in [0.717, 1.165) is 35.7 Å². The molecule has 0 amide bonds. The highest BCUT2D eigenvalue weighted by Gasteiger charge is 2.14. The Balaban J connectivity index is 2.26. The summed E-state index contributed by atoms with van der Waals surface area (Å²) in [6, 6.07) is 16.1. The van der Waals surface area contributed by atoms with Crippen molar-refractivity contribution < 1.29 is 4.74 Å². The Bertz CT molecular complexity index is 597. The zero-order valence-corrected chi connectivity index (χ0v) is 14.0. The molecule has 2 aromatic rings. The van der Waals surface area contributed by atoms with Crippen molar-refractivity contribution in [1.82, 2.24) is 0 Å². The molecular formula is C19H27N3O. The lowest BCUT2D eigenvalue weighted by Crippen LogP contribution is -2.24. The third kappa shape index (κ3) is 4.47. The summed E-state index contributed by atoms with van der Waals surface area (Å²) in [5, 5.41) is 0. The van der Waals surface area contributed by atoms with Crippen LogP contribution < -0.4 is 21.1 Å². The number of rotatable bonds is 8. The Morgan fingerprint density at radius 2 is 1.74 bits per heavy atom. The Labute approximate surface area is 139 Å². The number of hydrogen-bond donors (Lipinski definition) is 2. The van der Waals surface area contributed by atoms with Gasteiger partial charge in [0.15, 0.2) is 0 Å². The van der Waals surface area contributed by atoms with E-state index >= 15 is 0 Å². The number of benzene rings is 2. The van der Waals surface area contributed by atoms with Crippen LogP contribution >= 0.6 is 0 Å². The summed E-state index contributed by atoms with van der Waals surface area (Å²) in [6.07, 6.45) is 0. The second-order valence-electron chi connectivity index (χ2n) is 5.51. The van der Waals surface area contributed by atoms with Crippen molar-refractivity contribution >= 4 is 5.69 Å². The quantitative estimate of drug-likeness (QED) is 0.786. The Morgan fingerprint density at radius 1 is 1.04 bits per heavy atom. The van der Waals surface area contributed by atoms with E-state index in [1.807, 2.05) is 24.3 Å². The first-order valence-electron chi connectivity index (χ1n) is 8.20. The number of ether oxygens (including phenoxy) is 1. The fraction of sp³-hybridized carbons (Fsp3) is 0.368. The Kier molecular flexibility index (Phi) is 6.44. The van der Waals surface area contributed by atoms with Crippen molar-refractivity contribution in [3.63, 3.8) is 0 Å². The van der Waals surface area contributed by atoms with Crippen LogP contribution in [0.15, 0.2) is 48.5 Å². The second-order valence-corrected chi connectivity index (χ2v) is 5.51. The number of hydrogen-bond acceptors (Lipinski definition) is 4. The van der Waals surface area contributed by atoms with Gasteiger partial charge in [-0.05, 0) is 25.5 Å². The van der Waals surface area contributed by atoms with Crippen LogP contribution in [0.4, 0.5) is 5.69 Å². The van der Waals surface area contributed by atoms with E-state index in [1.165, 1.54) is 0 Å². The lowest BCUT2D eigenvalue weighted by atomic mass is 10.1. The summed E-state index contributed by atoms with van der Waals surface area (Å²) in [7, 11) is 0. The topological polar surface area (TPSA) is 64.5 Å². The molecule has 0 aliphatic heterocycles. The molecule has 4 nitrogen and oxygen atoms in total. The average Bonchev–Trinajstić information content (AvgIpc) is 2.61. The maximum Gasteiger partial charge on any atom is 0.126 e. The summed E-state index contributed by atoms with van der Waals surface area (Å²) in [5.74, 6) is 0.816. The third-order valence-electron chi connectivity index (χ3n) is 4.02. The normalized spacial score (nSPS) is 12.0. The van der Waals surface area contributed by atoms with Crippen LogP contribution in [0.1, 0.15) is 31.0 Å². The van der Waals surface area contributed by atoms with E-state index < -0.39 is 0 Å². The van der Waals surface area contributed by atoms with Gasteiger partial charge in [0.1, 0.15) is 12.4 Å². The molecule has 124 valence electrons. The standard InChI is InChI=1S/C19H27N3O/c1-3-22(4-2)16-10-11-17(18(21)13-20)19(12-16)23-14-15-8-6-5-7-9-15/h5-12,18H,3-4,13-14,20-21H2,1-2H3. The lowest BCUT2D eigenvalue weighted by Gasteiger charge is -2.24. The van der Waals surface area contributed by atoms with Crippen LogP contribution in [0.2, 0.25) is 0 Å². The molecular weight excluding hydrogens is 286 g/mol. The third-order valence-corrected chi connectivity index (χ3v) is 4.02. The van der Waals surface area contributed by atoms with Gasteiger partial charge in [0.05, 0.1) is 0 Å². The van der Waals surface area contributed by atoms with Gasteiger partial charge in [0.2, 0.25) is 0 Å². The molecule has 2 rings (SSSR count). The van der Waals surface area contributed by atoms with E-state index in [9.17, 15) is 0 Å². The monoisotopic (exact) mass is 313 g/mol. The minimum absolute atomic E-state index is 0.216. The number of nitrogens with two attached hydrogens (primary N) is 2. The van der Waals surface area contributed by atoms with Gasteiger partial charge in [-0.3, -0.25) is 0 Å². The molecule has 2 aromatic carbocycles. The van der Waals surface area contributed by atoms with Gasteiger partial charge in [0, 0.05) is 43.0 Å². The summed E-state index contributed by atoms with van der Waals surface area (Å²) < 4.78 is 6.06. The van der Waals surface area contributed by atoms with Crippen LogP contribution in [0, 0.1) is 0 Å². The van der Waals surface area contributed by atoms with Crippen LogP contribution in [-0.2, 0) is 6.61 Å². The van der Waals surface area contributed by atoms with Crippen LogP contribution in [0.5, 0.6) is 5.75 Å². The van der Waals surface area contributed by atoms with E-state index in [4.69, 9.17) is 16.2 Å².